The maximum Gasteiger partial charge on any atom is 0.277 e. The van der Waals surface area contributed by atoms with Gasteiger partial charge in [-0.1, -0.05) is 25.4 Å². The van der Waals surface area contributed by atoms with E-state index in [1.54, 1.807) is 24.4 Å². The van der Waals surface area contributed by atoms with Crippen molar-refractivity contribution in [3.05, 3.63) is 28.8 Å². The number of nitrogens with one attached hydrogen (secondary N) is 1. The molecule has 110 valence electrons. The third-order valence-corrected chi connectivity index (χ3v) is 3.25. The van der Waals surface area contributed by atoms with Gasteiger partial charge in [0.2, 0.25) is 0 Å². The molecule has 1 aromatic carbocycles. The summed E-state index contributed by atoms with van der Waals surface area (Å²) < 4.78 is 5.42. The molecule has 0 aliphatic rings. The van der Waals surface area contributed by atoms with Gasteiger partial charge in [-0.15, -0.1) is 0 Å². The van der Waals surface area contributed by atoms with Crippen LogP contribution in [0.4, 0.5) is 0 Å². The Bertz CT molecular complexity index is 471. The number of amides is 1. The molecule has 0 bridgehead atoms. The number of halogens is 1. The Morgan fingerprint density at radius 3 is 2.75 bits per heavy atom. The summed E-state index contributed by atoms with van der Waals surface area (Å²) in [7, 11) is 0. The normalized spacial score (nSPS) is 11.1. The molecule has 5 heteroatoms. The second-order valence-electron chi connectivity index (χ2n) is 4.59. The van der Waals surface area contributed by atoms with E-state index in [0.29, 0.717) is 16.7 Å². The first-order chi connectivity index (χ1) is 9.56. The number of benzene rings is 1. The van der Waals surface area contributed by atoms with E-state index in [4.69, 9.17) is 16.3 Å². The third-order valence-electron chi connectivity index (χ3n) is 3.02. The van der Waals surface area contributed by atoms with E-state index in [9.17, 15) is 4.79 Å². The molecule has 0 aromatic heterocycles. The summed E-state index contributed by atoms with van der Waals surface area (Å²) in [4.78, 5) is 11.6. The first-order valence-electron chi connectivity index (χ1n) is 6.77. The number of aryl methyl sites for hydroxylation is 1. The molecule has 0 aliphatic carbocycles. The molecule has 0 radical (unpaired) electrons. The number of carbonyl (C=O) groups is 1. The van der Waals surface area contributed by atoms with Crippen LogP contribution in [-0.2, 0) is 4.79 Å². The zero-order valence-electron chi connectivity index (χ0n) is 12.1. The van der Waals surface area contributed by atoms with Crippen molar-refractivity contribution in [2.45, 2.75) is 33.6 Å². The van der Waals surface area contributed by atoms with Crippen molar-refractivity contribution in [3.63, 3.8) is 0 Å². The van der Waals surface area contributed by atoms with Crippen molar-refractivity contribution in [3.8, 4) is 5.75 Å². The first-order valence-corrected chi connectivity index (χ1v) is 7.15. The van der Waals surface area contributed by atoms with Crippen LogP contribution in [0, 0.1) is 12.8 Å². The quantitative estimate of drug-likeness (QED) is 0.618. The minimum atomic E-state index is -0.276. The Balaban J connectivity index is 2.40. The third kappa shape index (κ3) is 5.61. The number of hydrazone groups is 1. The van der Waals surface area contributed by atoms with Crippen molar-refractivity contribution in [1.29, 1.82) is 0 Å². The average Bonchev–Trinajstić information content (AvgIpc) is 2.42. The van der Waals surface area contributed by atoms with Crippen LogP contribution in [0.3, 0.4) is 0 Å². The molecule has 1 N–H and O–H groups in total. The summed E-state index contributed by atoms with van der Waals surface area (Å²) >= 11 is 5.85. The summed E-state index contributed by atoms with van der Waals surface area (Å²) in [6.45, 7) is 6.00. The molecule has 1 amide bonds. The summed E-state index contributed by atoms with van der Waals surface area (Å²) in [5.74, 6) is 0.768. The molecule has 0 saturated heterocycles. The van der Waals surface area contributed by atoms with Gasteiger partial charge in [-0.05, 0) is 49.4 Å². The molecule has 1 aromatic rings. The first kappa shape index (κ1) is 16.5. The molecule has 20 heavy (non-hydrogen) atoms. The van der Waals surface area contributed by atoms with Gasteiger partial charge in [0.05, 0.1) is 0 Å². The number of hydrogen-bond donors (Lipinski definition) is 1. The monoisotopic (exact) mass is 296 g/mol. The van der Waals surface area contributed by atoms with Crippen LogP contribution in [0.25, 0.3) is 0 Å². The molecule has 0 heterocycles. The fraction of sp³-hybridized carbons (Fsp3) is 0.467. The topological polar surface area (TPSA) is 50.7 Å². The van der Waals surface area contributed by atoms with Crippen molar-refractivity contribution in [2.24, 2.45) is 11.0 Å². The highest BCUT2D eigenvalue weighted by molar-refractivity contribution is 6.30. The van der Waals surface area contributed by atoms with Gasteiger partial charge < -0.3 is 4.74 Å². The molecule has 0 saturated carbocycles. The summed E-state index contributed by atoms with van der Waals surface area (Å²) in [6, 6.07) is 5.27. The second-order valence-corrected chi connectivity index (χ2v) is 5.02. The van der Waals surface area contributed by atoms with Gasteiger partial charge in [-0.2, -0.15) is 5.10 Å². The van der Waals surface area contributed by atoms with E-state index in [0.717, 1.165) is 18.4 Å². The fourth-order valence-corrected chi connectivity index (χ4v) is 1.89. The Kier molecular flexibility index (Phi) is 7.09. The van der Waals surface area contributed by atoms with Crippen LogP contribution >= 0.6 is 11.6 Å². The molecule has 0 atom stereocenters. The lowest BCUT2D eigenvalue weighted by atomic mass is 10.1. The van der Waals surface area contributed by atoms with Gasteiger partial charge >= 0.3 is 0 Å². The Morgan fingerprint density at radius 1 is 1.45 bits per heavy atom. The minimum absolute atomic E-state index is 0.0667. The van der Waals surface area contributed by atoms with E-state index in [-0.39, 0.29) is 12.5 Å². The molecule has 0 aliphatic heterocycles. The smallest absolute Gasteiger partial charge is 0.277 e. The largest absolute Gasteiger partial charge is 0.483 e. The summed E-state index contributed by atoms with van der Waals surface area (Å²) in [6.07, 6.45) is 3.79. The van der Waals surface area contributed by atoms with Gasteiger partial charge in [0.1, 0.15) is 5.75 Å². The Hall–Kier alpha value is -1.55. The average molecular weight is 297 g/mol. The number of hydrogen-bond acceptors (Lipinski definition) is 3. The maximum absolute atomic E-state index is 11.6. The van der Waals surface area contributed by atoms with Crippen LogP contribution in [0.15, 0.2) is 23.3 Å². The predicted octanol–water partition coefficient (Wildman–Crippen LogP) is 3.57. The number of carbonyl (C=O) groups excluding carboxylic acids is 1. The number of nitrogens with zero attached hydrogens (tertiary/aromatic N) is 1. The molecule has 1 rings (SSSR count). The highest BCUT2D eigenvalue weighted by atomic mass is 35.5. The lowest BCUT2D eigenvalue weighted by molar-refractivity contribution is -0.123. The summed E-state index contributed by atoms with van der Waals surface area (Å²) in [5.41, 5.74) is 3.36. The van der Waals surface area contributed by atoms with Gasteiger partial charge in [0.25, 0.3) is 5.91 Å². The van der Waals surface area contributed by atoms with Gasteiger partial charge in [0, 0.05) is 11.2 Å². The highest BCUT2D eigenvalue weighted by Gasteiger charge is 2.05. The zero-order valence-corrected chi connectivity index (χ0v) is 12.9. The zero-order chi connectivity index (χ0) is 15.0. The van der Waals surface area contributed by atoms with Crippen LogP contribution in [-0.4, -0.2) is 18.7 Å². The number of ether oxygens (including phenoxy) is 1. The van der Waals surface area contributed by atoms with Gasteiger partial charge in [-0.3, -0.25) is 4.79 Å². The van der Waals surface area contributed by atoms with Crippen LogP contribution in [0.5, 0.6) is 5.75 Å². The van der Waals surface area contributed by atoms with E-state index in [2.05, 4.69) is 24.4 Å². The standard InChI is InChI=1S/C15H21ClN2O2/c1-4-12(5-2)9-17-18-15(19)10-20-14-7-6-13(16)8-11(14)3/h6-9,12H,4-5,10H2,1-3H3,(H,18,19)/b17-9-. The van der Waals surface area contributed by atoms with Crippen LogP contribution in [0.2, 0.25) is 5.02 Å². The van der Waals surface area contributed by atoms with Gasteiger partial charge in [-0.25, -0.2) is 5.43 Å². The number of rotatable bonds is 7. The lowest BCUT2D eigenvalue weighted by Crippen LogP contribution is -2.25. The van der Waals surface area contributed by atoms with E-state index in [1.165, 1.54) is 0 Å². The van der Waals surface area contributed by atoms with Crippen LogP contribution in [0.1, 0.15) is 32.3 Å². The Labute approximate surface area is 125 Å². The van der Waals surface area contributed by atoms with Crippen molar-refractivity contribution < 1.29 is 9.53 Å². The molecule has 4 nitrogen and oxygen atoms in total. The second kappa shape index (κ2) is 8.59. The van der Waals surface area contributed by atoms with Crippen molar-refractivity contribution in [2.75, 3.05) is 6.61 Å². The van der Waals surface area contributed by atoms with E-state index < -0.39 is 0 Å². The van der Waals surface area contributed by atoms with E-state index in [1.807, 2.05) is 6.92 Å². The Morgan fingerprint density at radius 2 is 2.15 bits per heavy atom. The van der Waals surface area contributed by atoms with Crippen LogP contribution < -0.4 is 10.2 Å². The molecule has 0 spiro atoms. The van der Waals surface area contributed by atoms with Crippen molar-refractivity contribution >= 4 is 23.7 Å². The molecule has 0 fully saturated rings. The minimum Gasteiger partial charge on any atom is -0.483 e. The highest BCUT2D eigenvalue weighted by Crippen LogP contribution is 2.21. The maximum atomic E-state index is 11.6. The van der Waals surface area contributed by atoms with E-state index >= 15 is 0 Å². The SMILES string of the molecule is CCC(/C=N\NC(=O)COc1ccc(Cl)cc1C)CC. The molecule has 0 unspecified atom stereocenters. The van der Waals surface area contributed by atoms with Gasteiger partial charge in [0.15, 0.2) is 6.61 Å². The van der Waals surface area contributed by atoms with Crippen molar-refractivity contribution in [1.82, 2.24) is 5.43 Å². The summed E-state index contributed by atoms with van der Waals surface area (Å²) in [5, 5.41) is 4.58. The lowest BCUT2D eigenvalue weighted by Gasteiger charge is -2.08. The fourth-order valence-electron chi connectivity index (χ4n) is 1.66. The predicted molar refractivity (Wildman–Crippen MR) is 82.4 cm³/mol. The molecular formula is C15H21ClN2O2. The molecular weight excluding hydrogens is 276 g/mol.